The van der Waals surface area contributed by atoms with E-state index in [2.05, 4.69) is 5.32 Å². The number of para-hydroxylation sites is 1. The predicted octanol–water partition coefficient (Wildman–Crippen LogP) is 2.67. The number of benzene rings is 1. The van der Waals surface area contributed by atoms with Crippen LogP contribution in [0.5, 0.6) is 0 Å². The van der Waals surface area contributed by atoms with Gasteiger partial charge in [-0.3, -0.25) is 10.1 Å². The van der Waals surface area contributed by atoms with Gasteiger partial charge in [0.05, 0.1) is 4.92 Å². The quantitative estimate of drug-likeness (QED) is 0.633. The molecule has 2 rings (SSSR count). The summed E-state index contributed by atoms with van der Waals surface area (Å²) in [6.07, 6.45) is 2.19. The third-order valence-electron chi connectivity index (χ3n) is 3.63. The van der Waals surface area contributed by atoms with Gasteiger partial charge >= 0.3 is 0 Å². The summed E-state index contributed by atoms with van der Waals surface area (Å²) in [6.45, 7) is 4.54. The van der Waals surface area contributed by atoms with Crippen LogP contribution in [-0.4, -0.2) is 24.7 Å². The van der Waals surface area contributed by atoms with Crippen LogP contribution < -0.4 is 5.32 Å². The van der Waals surface area contributed by atoms with Gasteiger partial charge in [0.25, 0.3) is 5.69 Å². The molecule has 2 unspecified atom stereocenters. The van der Waals surface area contributed by atoms with Gasteiger partial charge in [-0.15, -0.1) is 0 Å². The van der Waals surface area contributed by atoms with Crippen molar-refractivity contribution in [2.24, 2.45) is 5.92 Å². The topological polar surface area (TPSA) is 64.4 Å². The van der Waals surface area contributed by atoms with E-state index in [0.717, 1.165) is 38.2 Å². The average molecular weight is 264 g/mol. The Labute approximate surface area is 113 Å². The maximum atomic E-state index is 11.0. The molecule has 0 aliphatic carbocycles. The van der Waals surface area contributed by atoms with Crippen LogP contribution in [0.4, 0.5) is 5.69 Å². The summed E-state index contributed by atoms with van der Waals surface area (Å²) in [5.74, 6) is 0.630. The number of hydrogen-bond donors (Lipinski definition) is 1. The number of hydrogen-bond acceptors (Lipinski definition) is 4. The van der Waals surface area contributed by atoms with Crippen molar-refractivity contribution in [1.82, 2.24) is 5.32 Å². The van der Waals surface area contributed by atoms with E-state index in [1.165, 1.54) is 0 Å². The molecule has 0 amide bonds. The highest BCUT2D eigenvalue weighted by molar-refractivity contribution is 5.41. The van der Waals surface area contributed by atoms with Crippen LogP contribution in [0.1, 0.15) is 31.4 Å². The van der Waals surface area contributed by atoms with Gasteiger partial charge < -0.3 is 10.1 Å². The Balaban J connectivity index is 1.88. The molecule has 0 saturated carbocycles. The van der Waals surface area contributed by atoms with Gasteiger partial charge in [0, 0.05) is 30.9 Å². The zero-order valence-corrected chi connectivity index (χ0v) is 11.2. The molecule has 1 aliphatic rings. The minimum Gasteiger partial charge on any atom is -0.381 e. The molecule has 0 bridgehead atoms. The molecular formula is C14H20N2O3. The van der Waals surface area contributed by atoms with Crippen LogP contribution in [0.2, 0.25) is 0 Å². The van der Waals surface area contributed by atoms with Crippen molar-refractivity contribution in [3.05, 3.63) is 39.9 Å². The molecule has 0 radical (unpaired) electrons. The fraction of sp³-hybridized carbons (Fsp3) is 0.571. The van der Waals surface area contributed by atoms with Crippen LogP contribution in [0.25, 0.3) is 0 Å². The van der Waals surface area contributed by atoms with E-state index >= 15 is 0 Å². The van der Waals surface area contributed by atoms with Gasteiger partial charge in [0.2, 0.25) is 0 Å². The lowest BCUT2D eigenvalue weighted by molar-refractivity contribution is -0.385. The monoisotopic (exact) mass is 264 g/mol. The van der Waals surface area contributed by atoms with Gasteiger partial charge in [-0.25, -0.2) is 0 Å². The van der Waals surface area contributed by atoms with Crippen molar-refractivity contribution >= 4 is 5.69 Å². The highest BCUT2D eigenvalue weighted by Crippen LogP contribution is 2.24. The van der Waals surface area contributed by atoms with E-state index in [1.807, 2.05) is 19.1 Å². The molecular weight excluding hydrogens is 244 g/mol. The fourth-order valence-electron chi connectivity index (χ4n) is 2.44. The molecule has 5 nitrogen and oxygen atoms in total. The van der Waals surface area contributed by atoms with E-state index in [9.17, 15) is 10.1 Å². The molecule has 1 aromatic rings. The first-order chi connectivity index (χ1) is 9.18. The second-order valence-electron chi connectivity index (χ2n) is 5.01. The van der Waals surface area contributed by atoms with Crippen LogP contribution in [0.3, 0.4) is 0 Å². The predicted molar refractivity (Wildman–Crippen MR) is 73.1 cm³/mol. The Kier molecular flexibility index (Phi) is 4.87. The summed E-state index contributed by atoms with van der Waals surface area (Å²) < 4.78 is 5.33. The first kappa shape index (κ1) is 14.0. The fourth-order valence-corrected chi connectivity index (χ4v) is 2.44. The molecule has 1 N–H and O–H groups in total. The number of nitro benzene ring substituents is 1. The van der Waals surface area contributed by atoms with Crippen LogP contribution in [0, 0.1) is 16.0 Å². The van der Waals surface area contributed by atoms with E-state index in [-0.39, 0.29) is 16.7 Å². The molecule has 1 aliphatic heterocycles. The van der Waals surface area contributed by atoms with Crippen LogP contribution in [0.15, 0.2) is 24.3 Å². The standard InChI is InChI=1S/C14H20N2O3/c1-11(15-8-6-12-7-9-19-10-12)13-4-2-3-5-14(13)16(17)18/h2-5,11-12,15H,6-10H2,1H3. The Morgan fingerprint density at radius 1 is 1.53 bits per heavy atom. The second-order valence-corrected chi connectivity index (χ2v) is 5.01. The summed E-state index contributed by atoms with van der Waals surface area (Å²) in [6, 6.07) is 6.89. The summed E-state index contributed by atoms with van der Waals surface area (Å²) >= 11 is 0. The zero-order chi connectivity index (χ0) is 13.7. The maximum absolute atomic E-state index is 11.0. The Morgan fingerprint density at radius 3 is 3.00 bits per heavy atom. The SMILES string of the molecule is CC(NCCC1CCOC1)c1ccccc1[N+](=O)[O-]. The van der Waals surface area contributed by atoms with Gasteiger partial charge in [-0.1, -0.05) is 18.2 Å². The smallest absolute Gasteiger partial charge is 0.274 e. The third kappa shape index (κ3) is 3.75. The molecule has 0 spiro atoms. The first-order valence-corrected chi connectivity index (χ1v) is 6.73. The Bertz CT molecular complexity index is 430. The van der Waals surface area contributed by atoms with Crippen molar-refractivity contribution in [2.75, 3.05) is 19.8 Å². The van der Waals surface area contributed by atoms with Gasteiger partial charge in [0.1, 0.15) is 0 Å². The van der Waals surface area contributed by atoms with Crippen molar-refractivity contribution in [1.29, 1.82) is 0 Å². The van der Waals surface area contributed by atoms with E-state index in [4.69, 9.17) is 4.74 Å². The molecule has 1 saturated heterocycles. The number of nitrogens with zero attached hydrogens (tertiary/aromatic N) is 1. The van der Waals surface area contributed by atoms with E-state index in [1.54, 1.807) is 12.1 Å². The summed E-state index contributed by atoms with van der Waals surface area (Å²) in [4.78, 5) is 10.6. The molecule has 104 valence electrons. The highest BCUT2D eigenvalue weighted by Gasteiger charge is 2.19. The van der Waals surface area contributed by atoms with Gasteiger partial charge in [-0.05, 0) is 32.2 Å². The minimum absolute atomic E-state index is 0.0103. The maximum Gasteiger partial charge on any atom is 0.274 e. The van der Waals surface area contributed by atoms with Crippen molar-refractivity contribution in [3.8, 4) is 0 Å². The summed E-state index contributed by atoms with van der Waals surface area (Å²) in [5, 5.41) is 14.3. The Hall–Kier alpha value is -1.46. The molecule has 1 fully saturated rings. The largest absolute Gasteiger partial charge is 0.381 e. The van der Waals surface area contributed by atoms with Crippen molar-refractivity contribution in [2.45, 2.75) is 25.8 Å². The lowest BCUT2D eigenvalue weighted by Gasteiger charge is -2.15. The lowest BCUT2D eigenvalue weighted by atomic mass is 10.0. The number of nitro groups is 1. The van der Waals surface area contributed by atoms with E-state index < -0.39 is 0 Å². The van der Waals surface area contributed by atoms with Crippen molar-refractivity contribution < 1.29 is 9.66 Å². The normalized spacial score (nSPS) is 20.4. The summed E-state index contributed by atoms with van der Waals surface area (Å²) in [5.41, 5.74) is 0.932. The lowest BCUT2D eigenvalue weighted by Crippen LogP contribution is -2.22. The summed E-state index contributed by atoms with van der Waals surface area (Å²) in [7, 11) is 0. The van der Waals surface area contributed by atoms with E-state index in [0.29, 0.717) is 5.92 Å². The highest BCUT2D eigenvalue weighted by atomic mass is 16.6. The number of rotatable bonds is 6. The number of nitrogens with one attached hydrogen (secondary N) is 1. The molecule has 2 atom stereocenters. The number of ether oxygens (including phenoxy) is 1. The Morgan fingerprint density at radius 2 is 2.32 bits per heavy atom. The zero-order valence-electron chi connectivity index (χ0n) is 11.2. The second kappa shape index (κ2) is 6.63. The van der Waals surface area contributed by atoms with Gasteiger partial charge in [0.15, 0.2) is 0 Å². The van der Waals surface area contributed by atoms with Gasteiger partial charge in [-0.2, -0.15) is 0 Å². The van der Waals surface area contributed by atoms with Crippen LogP contribution >= 0.6 is 0 Å². The average Bonchev–Trinajstić information content (AvgIpc) is 2.91. The first-order valence-electron chi connectivity index (χ1n) is 6.73. The molecule has 5 heteroatoms. The van der Waals surface area contributed by atoms with Crippen LogP contribution in [-0.2, 0) is 4.74 Å². The molecule has 0 aromatic heterocycles. The van der Waals surface area contributed by atoms with Crippen molar-refractivity contribution in [3.63, 3.8) is 0 Å². The molecule has 1 heterocycles. The third-order valence-corrected chi connectivity index (χ3v) is 3.63. The minimum atomic E-state index is -0.321. The molecule has 19 heavy (non-hydrogen) atoms. The molecule has 1 aromatic carbocycles.